The van der Waals surface area contributed by atoms with E-state index in [9.17, 15) is 4.79 Å². The van der Waals surface area contributed by atoms with Crippen LogP contribution >= 0.6 is 0 Å². The van der Waals surface area contributed by atoms with Crippen molar-refractivity contribution in [1.82, 2.24) is 9.88 Å². The fraction of sp³-hybridized carbons (Fsp3) is 0.429. The molecule has 5 nitrogen and oxygen atoms in total. The molecule has 66 valence electrons. The summed E-state index contributed by atoms with van der Waals surface area (Å²) in [6, 6.07) is 0. The SMILES string of the molecule is CN(C)Cc1ocnc1C(=O)O. The summed E-state index contributed by atoms with van der Waals surface area (Å²) >= 11 is 0. The van der Waals surface area contributed by atoms with Crippen LogP contribution in [0.2, 0.25) is 0 Å². The third-order valence-corrected chi connectivity index (χ3v) is 1.30. The van der Waals surface area contributed by atoms with Gasteiger partial charge in [-0.05, 0) is 14.1 Å². The van der Waals surface area contributed by atoms with Gasteiger partial charge in [-0.25, -0.2) is 9.78 Å². The van der Waals surface area contributed by atoms with Crippen LogP contribution in [0.15, 0.2) is 10.8 Å². The molecule has 5 heteroatoms. The summed E-state index contributed by atoms with van der Waals surface area (Å²) in [6.45, 7) is 0.446. The summed E-state index contributed by atoms with van der Waals surface area (Å²) < 4.78 is 4.90. The van der Waals surface area contributed by atoms with E-state index in [0.717, 1.165) is 6.39 Å². The van der Waals surface area contributed by atoms with Crippen molar-refractivity contribution in [3.63, 3.8) is 0 Å². The third-order valence-electron chi connectivity index (χ3n) is 1.30. The summed E-state index contributed by atoms with van der Waals surface area (Å²) in [6.07, 6.45) is 1.14. The van der Waals surface area contributed by atoms with Crippen LogP contribution < -0.4 is 0 Å². The van der Waals surface area contributed by atoms with Crippen molar-refractivity contribution in [1.29, 1.82) is 0 Å². The van der Waals surface area contributed by atoms with E-state index >= 15 is 0 Å². The molecule has 1 aromatic rings. The minimum Gasteiger partial charge on any atom is -0.476 e. The van der Waals surface area contributed by atoms with Gasteiger partial charge in [0, 0.05) is 0 Å². The highest BCUT2D eigenvalue weighted by atomic mass is 16.4. The molecule has 0 amide bonds. The highest BCUT2D eigenvalue weighted by molar-refractivity contribution is 5.86. The fourth-order valence-electron chi connectivity index (χ4n) is 0.844. The van der Waals surface area contributed by atoms with Crippen LogP contribution in [-0.4, -0.2) is 35.1 Å². The molecule has 0 radical (unpaired) electrons. The maximum Gasteiger partial charge on any atom is 0.358 e. The Balaban J connectivity index is 2.84. The molecule has 0 spiro atoms. The number of oxazole rings is 1. The van der Waals surface area contributed by atoms with Gasteiger partial charge in [0.1, 0.15) is 0 Å². The van der Waals surface area contributed by atoms with Crippen LogP contribution in [0.3, 0.4) is 0 Å². The zero-order valence-electron chi connectivity index (χ0n) is 6.94. The van der Waals surface area contributed by atoms with Crippen molar-refractivity contribution in [2.24, 2.45) is 0 Å². The molecule has 0 saturated carbocycles. The van der Waals surface area contributed by atoms with Gasteiger partial charge in [0.05, 0.1) is 6.54 Å². The molecule has 0 bridgehead atoms. The average molecular weight is 170 g/mol. The Morgan fingerprint density at radius 3 is 2.92 bits per heavy atom. The van der Waals surface area contributed by atoms with E-state index < -0.39 is 5.97 Å². The highest BCUT2D eigenvalue weighted by Crippen LogP contribution is 2.07. The van der Waals surface area contributed by atoms with Crippen molar-refractivity contribution < 1.29 is 14.3 Å². The second-order valence-electron chi connectivity index (χ2n) is 2.67. The number of carboxylic acid groups (broad SMARTS) is 1. The van der Waals surface area contributed by atoms with E-state index in [1.165, 1.54) is 0 Å². The van der Waals surface area contributed by atoms with Crippen LogP contribution in [0.4, 0.5) is 0 Å². The van der Waals surface area contributed by atoms with E-state index in [0.29, 0.717) is 12.3 Å². The monoisotopic (exact) mass is 170 g/mol. The van der Waals surface area contributed by atoms with Gasteiger partial charge >= 0.3 is 5.97 Å². The molecule has 1 rings (SSSR count). The molecule has 0 aromatic carbocycles. The maximum atomic E-state index is 10.5. The number of aromatic nitrogens is 1. The first-order chi connectivity index (χ1) is 5.61. The molecule has 1 heterocycles. The molecular formula is C7H10N2O3. The van der Waals surface area contributed by atoms with Gasteiger partial charge in [-0.1, -0.05) is 0 Å². The van der Waals surface area contributed by atoms with Gasteiger partial charge < -0.3 is 14.4 Å². The number of aromatic carboxylic acids is 1. The van der Waals surface area contributed by atoms with Crippen molar-refractivity contribution in [2.75, 3.05) is 14.1 Å². The van der Waals surface area contributed by atoms with Gasteiger partial charge in [-0.3, -0.25) is 0 Å². The Morgan fingerprint density at radius 1 is 1.75 bits per heavy atom. The van der Waals surface area contributed by atoms with E-state index in [2.05, 4.69) is 4.98 Å². The first kappa shape index (κ1) is 8.73. The van der Waals surface area contributed by atoms with Gasteiger partial charge in [0.15, 0.2) is 17.8 Å². The van der Waals surface area contributed by atoms with Gasteiger partial charge in [-0.2, -0.15) is 0 Å². The second-order valence-corrected chi connectivity index (χ2v) is 2.67. The number of nitrogens with zero attached hydrogens (tertiary/aromatic N) is 2. The van der Waals surface area contributed by atoms with E-state index in [1.807, 2.05) is 19.0 Å². The van der Waals surface area contributed by atoms with Crippen LogP contribution in [0.5, 0.6) is 0 Å². The van der Waals surface area contributed by atoms with Crippen LogP contribution in [-0.2, 0) is 6.54 Å². The van der Waals surface area contributed by atoms with E-state index in [-0.39, 0.29) is 5.69 Å². The number of hydrogen-bond acceptors (Lipinski definition) is 4. The average Bonchev–Trinajstić information content (AvgIpc) is 2.33. The summed E-state index contributed by atoms with van der Waals surface area (Å²) in [5, 5.41) is 8.63. The lowest BCUT2D eigenvalue weighted by molar-refractivity contribution is 0.0687. The second kappa shape index (κ2) is 3.36. The Bertz CT molecular complexity index is 280. The Hall–Kier alpha value is -1.36. The molecule has 12 heavy (non-hydrogen) atoms. The number of carboxylic acids is 1. The lowest BCUT2D eigenvalue weighted by atomic mass is 10.3. The van der Waals surface area contributed by atoms with Gasteiger partial charge in [0.2, 0.25) is 0 Å². The van der Waals surface area contributed by atoms with E-state index in [4.69, 9.17) is 9.52 Å². The molecule has 1 N–H and O–H groups in total. The molecule has 0 atom stereocenters. The molecule has 0 aliphatic rings. The molecule has 0 saturated heterocycles. The minimum absolute atomic E-state index is 0.0105. The number of hydrogen-bond donors (Lipinski definition) is 1. The third kappa shape index (κ3) is 1.82. The maximum absolute atomic E-state index is 10.5. The normalized spacial score (nSPS) is 10.6. The molecule has 1 aromatic heterocycles. The summed E-state index contributed by atoms with van der Waals surface area (Å²) in [5.74, 6) is -0.673. The summed E-state index contributed by atoms with van der Waals surface area (Å²) in [7, 11) is 3.66. The molecule has 0 fully saturated rings. The zero-order valence-corrected chi connectivity index (χ0v) is 6.94. The predicted molar refractivity (Wildman–Crippen MR) is 40.9 cm³/mol. The molecule has 0 aliphatic carbocycles. The number of rotatable bonds is 3. The quantitative estimate of drug-likeness (QED) is 0.712. The standard InChI is InChI=1S/C7H10N2O3/c1-9(2)3-5-6(7(10)11)8-4-12-5/h4H,3H2,1-2H3,(H,10,11). The fourth-order valence-corrected chi connectivity index (χ4v) is 0.844. The van der Waals surface area contributed by atoms with Crippen LogP contribution in [0.1, 0.15) is 16.2 Å². The van der Waals surface area contributed by atoms with Crippen LogP contribution in [0, 0.1) is 0 Å². The first-order valence-electron chi connectivity index (χ1n) is 3.41. The van der Waals surface area contributed by atoms with Gasteiger partial charge in [0.25, 0.3) is 0 Å². The summed E-state index contributed by atoms with van der Waals surface area (Å²) in [4.78, 5) is 15.9. The Morgan fingerprint density at radius 2 is 2.42 bits per heavy atom. The highest BCUT2D eigenvalue weighted by Gasteiger charge is 2.15. The van der Waals surface area contributed by atoms with Crippen molar-refractivity contribution >= 4 is 5.97 Å². The smallest absolute Gasteiger partial charge is 0.358 e. The lowest BCUT2D eigenvalue weighted by Crippen LogP contribution is -2.13. The van der Waals surface area contributed by atoms with Crippen molar-refractivity contribution in [3.8, 4) is 0 Å². The van der Waals surface area contributed by atoms with E-state index in [1.54, 1.807) is 0 Å². The summed E-state index contributed by atoms with van der Waals surface area (Å²) in [5.41, 5.74) is -0.0105. The number of carbonyl (C=O) groups is 1. The lowest BCUT2D eigenvalue weighted by Gasteiger charge is -2.05. The van der Waals surface area contributed by atoms with Crippen molar-refractivity contribution in [2.45, 2.75) is 6.54 Å². The molecule has 0 aliphatic heterocycles. The largest absolute Gasteiger partial charge is 0.476 e. The molecule has 0 unspecified atom stereocenters. The first-order valence-corrected chi connectivity index (χ1v) is 3.41. The van der Waals surface area contributed by atoms with Gasteiger partial charge in [-0.15, -0.1) is 0 Å². The topological polar surface area (TPSA) is 66.6 Å². The Labute approximate surface area is 69.6 Å². The Kier molecular flexibility index (Phi) is 2.44. The zero-order chi connectivity index (χ0) is 9.14. The predicted octanol–water partition coefficient (Wildman–Crippen LogP) is 0.434. The van der Waals surface area contributed by atoms with Crippen molar-refractivity contribution in [3.05, 3.63) is 17.8 Å². The minimum atomic E-state index is -1.06. The van der Waals surface area contributed by atoms with Crippen LogP contribution in [0.25, 0.3) is 0 Å². The molecular weight excluding hydrogens is 160 g/mol.